The molecule has 1 unspecified atom stereocenters. The largest absolute Gasteiger partial charge is 0.312 e. The van der Waals surface area contributed by atoms with E-state index >= 15 is 0 Å². The van der Waals surface area contributed by atoms with Gasteiger partial charge < -0.3 is 5.32 Å². The van der Waals surface area contributed by atoms with Crippen LogP contribution >= 0.6 is 11.3 Å². The van der Waals surface area contributed by atoms with Gasteiger partial charge >= 0.3 is 0 Å². The molecule has 0 fully saturated rings. The van der Waals surface area contributed by atoms with Crippen molar-refractivity contribution in [1.29, 1.82) is 0 Å². The molecular weight excluding hydrogens is 240 g/mol. The summed E-state index contributed by atoms with van der Waals surface area (Å²) in [5, 5.41) is 4.55. The molecule has 0 saturated carbocycles. The first-order chi connectivity index (χ1) is 8.78. The van der Waals surface area contributed by atoms with Gasteiger partial charge in [0.2, 0.25) is 0 Å². The third kappa shape index (κ3) is 2.08. The fourth-order valence-corrected chi connectivity index (χ4v) is 3.76. The lowest BCUT2D eigenvalue weighted by molar-refractivity contribution is 0.490. The first kappa shape index (κ1) is 11.9. The van der Waals surface area contributed by atoms with Crippen molar-refractivity contribution in [2.24, 2.45) is 0 Å². The van der Waals surface area contributed by atoms with Crippen molar-refractivity contribution in [1.82, 2.24) is 10.3 Å². The van der Waals surface area contributed by atoms with Gasteiger partial charge in [-0.2, -0.15) is 0 Å². The van der Waals surface area contributed by atoms with Crippen LogP contribution in [0.3, 0.4) is 0 Å². The molecule has 0 spiro atoms. The molecule has 18 heavy (non-hydrogen) atoms. The van der Waals surface area contributed by atoms with Crippen molar-refractivity contribution in [3.05, 3.63) is 40.4 Å². The Morgan fingerprint density at radius 3 is 3.06 bits per heavy atom. The molecule has 1 aromatic heterocycles. The van der Waals surface area contributed by atoms with E-state index in [2.05, 4.69) is 36.5 Å². The molecule has 1 heterocycles. The first-order valence-electron chi connectivity index (χ1n) is 6.52. The van der Waals surface area contributed by atoms with E-state index in [9.17, 15) is 0 Å². The maximum atomic E-state index is 4.87. The Labute approximate surface area is 112 Å². The van der Waals surface area contributed by atoms with Gasteiger partial charge in [0, 0.05) is 10.4 Å². The summed E-state index contributed by atoms with van der Waals surface area (Å²) in [4.78, 5) is 6.34. The quantitative estimate of drug-likeness (QED) is 0.888. The molecule has 2 nitrogen and oxygen atoms in total. The molecule has 3 heteroatoms. The molecule has 0 aliphatic heterocycles. The van der Waals surface area contributed by atoms with E-state index in [0.717, 1.165) is 0 Å². The summed E-state index contributed by atoms with van der Waals surface area (Å²) in [5.41, 5.74) is 3.83. The van der Waals surface area contributed by atoms with E-state index in [1.807, 2.05) is 18.4 Å². The van der Waals surface area contributed by atoms with Crippen molar-refractivity contribution in [2.75, 3.05) is 7.05 Å². The van der Waals surface area contributed by atoms with Crippen LogP contribution in [0, 0.1) is 6.92 Å². The number of hydrogen-bond donors (Lipinski definition) is 1. The van der Waals surface area contributed by atoms with Crippen LogP contribution in [0.15, 0.2) is 24.3 Å². The van der Waals surface area contributed by atoms with E-state index in [-0.39, 0.29) is 0 Å². The molecule has 0 amide bonds. The van der Waals surface area contributed by atoms with Gasteiger partial charge in [-0.15, -0.1) is 11.3 Å². The van der Waals surface area contributed by atoms with Gasteiger partial charge in [-0.3, -0.25) is 0 Å². The number of aromatic nitrogens is 1. The molecular formula is C15H18N2S. The van der Waals surface area contributed by atoms with Crippen molar-refractivity contribution < 1.29 is 0 Å². The number of nitrogens with one attached hydrogen (secondary N) is 1. The van der Waals surface area contributed by atoms with E-state index in [1.54, 1.807) is 0 Å². The summed E-state index contributed by atoms with van der Waals surface area (Å²) in [6, 6.07) is 9.07. The van der Waals surface area contributed by atoms with E-state index < -0.39 is 0 Å². The second kappa shape index (κ2) is 4.82. The SMILES string of the molecule is CNC1CCCc2sc(-c3cccc(C)c3)nc21. The average Bonchev–Trinajstić information content (AvgIpc) is 2.82. The number of aryl methyl sites for hydroxylation is 2. The lowest BCUT2D eigenvalue weighted by Gasteiger charge is -2.19. The number of rotatable bonds is 2. The van der Waals surface area contributed by atoms with Crippen molar-refractivity contribution in [3.8, 4) is 10.6 Å². The summed E-state index contributed by atoms with van der Waals surface area (Å²) < 4.78 is 0. The van der Waals surface area contributed by atoms with Crippen molar-refractivity contribution in [3.63, 3.8) is 0 Å². The number of fused-ring (bicyclic) bond motifs is 1. The van der Waals surface area contributed by atoms with E-state index in [4.69, 9.17) is 4.98 Å². The van der Waals surface area contributed by atoms with Crippen LogP contribution in [0.2, 0.25) is 0 Å². The molecule has 1 atom stereocenters. The molecule has 1 aliphatic rings. The third-order valence-corrected chi connectivity index (χ3v) is 4.75. The molecule has 0 radical (unpaired) electrons. The maximum absolute atomic E-state index is 4.87. The second-order valence-corrected chi connectivity index (χ2v) is 6.01. The van der Waals surface area contributed by atoms with E-state index in [1.165, 1.54) is 46.0 Å². The van der Waals surface area contributed by atoms with Gasteiger partial charge in [0.1, 0.15) is 5.01 Å². The predicted molar refractivity (Wildman–Crippen MR) is 77.0 cm³/mol. The smallest absolute Gasteiger partial charge is 0.123 e. The summed E-state index contributed by atoms with van der Waals surface area (Å²) in [7, 11) is 2.03. The summed E-state index contributed by atoms with van der Waals surface area (Å²) in [6.07, 6.45) is 3.67. The van der Waals surface area contributed by atoms with Gasteiger partial charge in [0.25, 0.3) is 0 Å². The Bertz CT molecular complexity index is 559. The number of hydrogen-bond acceptors (Lipinski definition) is 3. The third-order valence-electron chi connectivity index (χ3n) is 3.57. The topological polar surface area (TPSA) is 24.9 Å². The second-order valence-electron chi connectivity index (χ2n) is 4.93. The summed E-state index contributed by atoms with van der Waals surface area (Å²) in [5.74, 6) is 0. The van der Waals surface area contributed by atoms with Crippen LogP contribution < -0.4 is 5.32 Å². The highest BCUT2D eigenvalue weighted by Crippen LogP contribution is 2.36. The van der Waals surface area contributed by atoms with Crippen LogP contribution in [-0.2, 0) is 6.42 Å². The van der Waals surface area contributed by atoms with Crippen LogP contribution in [0.5, 0.6) is 0 Å². The Morgan fingerprint density at radius 1 is 1.39 bits per heavy atom. The van der Waals surface area contributed by atoms with Gasteiger partial charge in [-0.1, -0.05) is 23.8 Å². The maximum Gasteiger partial charge on any atom is 0.123 e. The zero-order chi connectivity index (χ0) is 12.5. The Kier molecular flexibility index (Phi) is 3.18. The van der Waals surface area contributed by atoms with Gasteiger partial charge in [-0.25, -0.2) is 4.98 Å². The molecule has 0 bridgehead atoms. The Balaban J connectivity index is 2.02. The van der Waals surface area contributed by atoms with Crippen LogP contribution in [-0.4, -0.2) is 12.0 Å². The molecule has 1 N–H and O–H groups in total. The fraction of sp³-hybridized carbons (Fsp3) is 0.400. The van der Waals surface area contributed by atoms with Gasteiger partial charge in [0.15, 0.2) is 0 Å². The minimum atomic E-state index is 0.448. The van der Waals surface area contributed by atoms with Crippen LogP contribution in [0.4, 0.5) is 0 Å². The lowest BCUT2D eigenvalue weighted by Crippen LogP contribution is -2.21. The van der Waals surface area contributed by atoms with E-state index in [0.29, 0.717) is 6.04 Å². The number of nitrogens with zero attached hydrogens (tertiary/aromatic N) is 1. The molecule has 1 aromatic carbocycles. The molecule has 3 rings (SSSR count). The zero-order valence-electron chi connectivity index (χ0n) is 10.9. The fourth-order valence-electron chi connectivity index (χ4n) is 2.60. The summed E-state index contributed by atoms with van der Waals surface area (Å²) >= 11 is 1.87. The Hall–Kier alpha value is -1.19. The van der Waals surface area contributed by atoms with Gasteiger partial charge in [-0.05, 0) is 39.3 Å². The lowest BCUT2D eigenvalue weighted by atomic mass is 9.98. The normalized spacial score (nSPS) is 18.7. The first-order valence-corrected chi connectivity index (χ1v) is 7.33. The Morgan fingerprint density at radius 2 is 2.28 bits per heavy atom. The minimum Gasteiger partial charge on any atom is -0.312 e. The molecule has 0 saturated heterocycles. The zero-order valence-corrected chi connectivity index (χ0v) is 11.7. The minimum absolute atomic E-state index is 0.448. The van der Waals surface area contributed by atoms with Crippen molar-refractivity contribution in [2.45, 2.75) is 32.2 Å². The average molecular weight is 258 g/mol. The molecule has 2 aromatic rings. The van der Waals surface area contributed by atoms with Crippen LogP contribution in [0.25, 0.3) is 10.6 Å². The predicted octanol–water partition coefficient (Wildman–Crippen LogP) is 3.72. The summed E-state index contributed by atoms with van der Waals surface area (Å²) in [6.45, 7) is 2.13. The highest BCUT2D eigenvalue weighted by atomic mass is 32.1. The number of benzene rings is 1. The van der Waals surface area contributed by atoms with Gasteiger partial charge in [0.05, 0.1) is 11.7 Å². The standard InChI is InChI=1S/C15H18N2S/c1-10-5-3-6-11(9-10)15-17-14-12(16-2)7-4-8-13(14)18-15/h3,5-6,9,12,16H,4,7-8H2,1-2H3. The highest BCUT2D eigenvalue weighted by Gasteiger charge is 2.23. The molecule has 1 aliphatic carbocycles. The van der Waals surface area contributed by atoms with Crippen molar-refractivity contribution >= 4 is 11.3 Å². The van der Waals surface area contributed by atoms with Crippen LogP contribution in [0.1, 0.15) is 35.0 Å². The monoisotopic (exact) mass is 258 g/mol. The highest BCUT2D eigenvalue weighted by molar-refractivity contribution is 7.15. The number of thiazole rings is 1. The molecule has 94 valence electrons.